The molecule has 1 unspecified atom stereocenters. The molecule has 0 aliphatic heterocycles. The lowest BCUT2D eigenvalue weighted by Gasteiger charge is -2.28. The van der Waals surface area contributed by atoms with Gasteiger partial charge in [0.2, 0.25) is 5.79 Å². The highest BCUT2D eigenvalue weighted by atomic mass is 16.5. The molecule has 0 amide bonds. The summed E-state index contributed by atoms with van der Waals surface area (Å²) in [5, 5.41) is 26.8. The molecule has 54 valence electrons. The zero-order valence-electron chi connectivity index (χ0n) is 5.04. The van der Waals surface area contributed by atoms with Crippen LogP contribution in [0.5, 0.6) is 0 Å². The van der Waals surface area contributed by atoms with E-state index in [4.69, 9.17) is 21.1 Å². The van der Waals surface area contributed by atoms with Crippen molar-refractivity contribution in [1.82, 2.24) is 0 Å². The Morgan fingerprint density at radius 3 is 1.78 bits per heavy atom. The van der Waals surface area contributed by atoms with Crippen LogP contribution in [0.2, 0.25) is 0 Å². The van der Waals surface area contributed by atoms with Gasteiger partial charge in [0.15, 0.2) is 5.72 Å². The van der Waals surface area contributed by atoms with Crippen molar-refractivity contribution in [2.24, 2.45) is 5.73 Å². The summed E-state index contributed by atoms with van der Waals surface area (Å²) in [7, 11) is 0. The predicted octanol–water partition coefficient (Wildman–Crippen LogP) is -1.50. The maximum absolute atomic E-state index is 9.00. The fraction of sp³-hybridized carbons (Fsp3) is 1.00. The van der Waals surface area contributed by atoms with Gasteiger partial charge in [-0.15, -0.1) is 0 Å². The summed E-state index contributed by atoms with van der Waals surface area (Å²) in [6.07, 6.45) is 0.958. The summed E-state index contributed by atoms with van der Waals surface area (Å²) in [6, 6.07) is 0. The summed E-state index contributed by atoms with van der Waals surface area (Å²) < 4.78 is 0. The van der Waals surface area contributed by atoms with Gasteiger partial charge in [-0.25, -0.2) is 0 Å². The van der Waals surface area contributed by atoms with Gasteiger partial charge in [-0.1, -0.05) is 0 Å². The third-order valence-corrected chi connectivity index (χ3v) is 1.78. The van der Waals surface area contributed by atoms with Gasteiger partial charge in [-0.05, 0) is 12.8 Å². The van der Waals surface area contributed by atoms with E-state index in [9.17, 15) is 0 Å². The number of aliphatic hydroxyl groups is 3. The van der Waals surface area contributed by atoms with Gasteiger partial charge in [0.1, 0.15) is 0 Å². The third-order valence-electron chi connectivity index (χ3n) is 1.78. The Balaban J connectivity index is 2.75. The fourth-order valence-corrected chi connectivity index (χ4v) is 1.02. The monoisotopic (exact) mass is 133 g/mol. The Hall–Kier alpha value is -0.160. The molecular formula is C5H11NO3. The summed E-state index contributed by atoms with van der Waals surface area (Å²) in [5.74, 6) is -2.08. The second-order valence-corrected chi connectivity index (χ2v) is 2.59. The molecule has 0 bridgehead atoms. The zero-order valence-corrected chi connectivity index (χ0v) is 5.04. The predicted molar refractivity (Wildman–Crippen MR) is 30.2 cm³/mol. The van der Waals surface area contributed by atoms with Crippen molar-refractivity contribution in [2.75, 3.05) is 0 Å². The first-order valence-electron chi connectivity index (χ1n) is 2.92. The Morgan fingerprint density at radius 2 is 1.67 bits per heavy atom. The third kappa shape index (κ3) is 0.943. The van der Waals surface area contributed by atoms with E-state index in [0.717, 1.165) is 0 Å². The number of hydrogen-bond acceptors (Lipinski definition) is 4. The molecule has 0 aromatic rings. The summed E-state index contributed by atoms with van der Waals surface area (Å²) in [6.45, 7) is 0. The van der Waals surface area contributed by atoms with E-state index in [1.54, 1.807) is 0 Å². The highest BCUT2D eigenvalue weighted by Crippen LogP contribution is 2.32. The van der Waals surface area contributed by atoms with Crippen LogP contribution in [0.3, 0.4) is 0 Å². The summed E-state index contributed by atoms with van der Waals surface area (Å²) in [4.78, 5) is 0. The summed E-state index contributed by atoms with van der Waals surface area (Å²) >= 11 is 0. The minimum atomic E-state index is -2.08. The van der Waals surface area contributed by atoms with Crippen molar-refractivity contribution in [3.63, 3.8) is 0 Å². The van der Waals surface area contributed by atoms with E-state index in [1.807, 2.05) is 0 Å². The normalized spacial score (nSPS) is 41.3. The first kappa shape index (κ1) is 6.95. The van der Waals surface area contributed by atoms with Crippen molar-refractivity contribution in [2.45, 2.75) is 30.8 Å². The maximum Gasteiger partial charge on any atom is 0.206 e. The van der Waals surface area contributed by atoms with Gasteiger partial charge < -0.3 is 15.3 Å². The maximum atomic E-state index is 9.00. The van der Waals surface area contributed by atoms with Gasteiger partial charge in [0, 0.05) is 6.42 Å². The molecular weight excluding hydrogens is 122 g/mol. The lowest BCUT2D eigenvalue weighted by atomic mass is 10.1. The van der Waals surface area contributed by atoms with Crippen molar-refractivity contribution in [3.8, 4) is 0 Å². The largest absolute Gasteiger partial charge is 0.371 e. The minimum Gasteiger partial charge on any atom is -0.371 e. The minimum absolute atomic E-state index is 0.153. The molecule has 4 heteroatoms. The van der Waals surface area contributed by atoms with E-state index in [-0.39, 0.29) is 12.8 Å². The number of nitrogens with two attached hydrogens (primary N) is 1. The Labute approximate surface area is 52.9 Å². The van der Waals surface area contributed by atoms with Crippen LogP contribution < -0.4 is 5.73 Å². The molecule has 0 aromatic carbocycles. The molecule has 1 atom stereocenters. The SMILES string of the molecule is NC1(O)CCCC1(O)O. The van der Waals surface area contributed by atoms with Gasteiger partial charge in [0.25, 0.3) is 0 Å². The van der Waals surface area contributed by atoms with Crippen LogP contribution in [-0.2, 0) is 0 Å². The smallest absolute Gasteiger partial charge is 0.206 e. The van der Waals surface area contributed by atoms with Crippen LogP contribution >= 0.6 is 0 Å². The van der Waals surface area contributed by atoms with E-state index in [0.29, 0.717) is 6.42 Å². The highest BCUT2D eigenvalue weighted by Gasteiger charge is 2.49. The lowest BCUT2D eigenvalue weighted by molar-refractivity contribution is -0.255. The Bertz CT molecular complexity index is 107. The molecule has 0 saturated heterocycles. The van der Waals surface area contributed by atoms with Crippen LogP contribution in [0.25, 0.3) is 0 Å². The molecule has 1 aliphatic carbocycles. The molecule has 0 heterocycles. The van der Waals surface area contributed by atoms with E-state index < -0.39 is 11.5 Å². The van der Waals surface area contributed by atoms with E-state index >= 15 is 0 Å². The molecule has 0 spiro atoms. The second-order valence-electron chi connectivity index (χ2n) is 2.59. The van der Waals surface area contributed by atoms with Crippen LogP contribution in [0.1, 0.15) is 19.3 Å². The number of rotatable bonds is 0. The Kier molecular flexibility index (Phi) is 1.29. The van der Waals surface area contributed by atoms with Crippen LogP contribution in [0, 0.1) is 0 Å². The highest BCUT2D eigenvalue weighted by molar-refractivity contribution is 4.92. The first-order valence-corrected chi connectivity index (χ1v) is 2.92. The standard InChI is InChI=1S/C5H11NO3/c6-4(7)2-1-3-5(4,8)9/h7-9H,1-3,6H2. The molecule has 0 radical (unpaired) electrons. The quantitative estimate of drug-likeness (QED) is 0.303. The van der Waals surface area contributed by atoms with Gasteiger partial charge in [0.05, 0.1) is 0 Å². The van der Waals surface area contributed by atoms with E-state index in [2.05, 4.69) is 0 Å². The first-order chi connectivity index (χ1) is 3.96. The number of hydrogen-bond donors (Lipinski definition) is 4. The van der Waals surface area contributed by atoms with Gasteiger partial charge in [-0.2, -0.15) is 0 Å². The van der Waals surface area contributed by atoms with Crippen molar-refractivity contribution >= 4 is 0 Å². The second kappa shape index (κ2) is 1.67. The van der Waals surface area contributed by atoms with E-state index in [1.165, 1.54) is 0 Å². The van der Waals surface area contributed by atoms with Crippen molar-refractivity contribution in [3.05, 3.63) is 0 Å². The van der Waals surface area contributed by atoms with Crippen molar-refractivity contribution in [1.29, 1.82) is 0 Å². The molecule has 1 rings (SSSR count). The Morgan fingerprint density at radius 1 is 1.11 bits per heavy atom. The molecule has 1 aliphatic rings. The molecule has 1 saturated carbocycles. The van der Waals surface area contributed by atoms with Gasteiger partial charge in [-0.3, -0.25) is 5.73 Å². The fourth-order valence-electron chi connectivity index (χ4n) is 1.02. The molecule has 0 aromatic heterocycles. The zero-order chi connectivity index (χ0) is 7.12. The molecule has 9 heavy (non-hydrogen) atoms. The molecule has 4 nitrogen and oxygen atoms in total. The van der Waals surface area contributed by atoms with Gasteiger partial charge >= 0.3 is 0 Å². The average molecular weight is 133 g/mol. The molecule has 1 fully saturated rings. The topological polar surface area (TPSA) is 86.7 Å². The summed E-state index contributed by atoms with van der Waals surface area (Å²) in [5.41, 5.74) is 3.31. The molecule has 5 N–H and O–H groups in total. The van der Waals surface area contributed by atoms with Crippen molar-refractivity contribution < 1.29 is 15.3 Å². The van der Waals surface area contributed by atoms with Crippen LogP contribution in [0.4, 0.5) is 0 Å². The van der Waals surface area contributed by atoms with Crippen LogP contribution in [-0.4, -0.2) is 26.8 Å². The van der Waals surface area contributed by atoms with Crippen LogP contribution in [0.15, 0.2) is 0 Å². The average Bonchev–Trinajstić information content (AvgIpc) is 1.81. The lowest BCUT2D eigenvalue weighted by Crippen LogP contribution is -2.56.